The van der Waals surface area contributed by atoms with Gasteiger partial charge < -0.3 is 16.2 Å². The molecule has 2 amide bonds. The maximum absolute atomic E-state index is 11.6. The zero-order chi connectivity index (χ0) is 14.1. The molecule has 5 heteroatoms. The Kier molecular flexibility index (Phi) is 6.60. The summed E-state index contributed by atoms with van der Waals surface area (Å²) in [5.74, 6) is -0.719. The molecule has 1 rings (SSSR count). The molecule has 5 nitrogen and oxygen atoms in total. The van der Waals surface area contributed by atoms with E-state index in [2.05, 4.69) is 5.32 Å². The summed E-state index contributed by atoms with van der Waals surface area (Å²) in [6.45, 7) is 0. The van der Waals surface area contributed by atoms with E-state index >= 15 is 0 Å². The molecule has 0 bridgehead atoms. The van der Waals surface area contributed by atoms with Crippen molar-refractivity contribution >= 4 is 17.5 Å². The third-order valence-electron chi connectivity index (χ3n) is 2.74. The lowest BCUT2D eigenvalue weighted by atomic mass is 10.1. The Labute approximate surface area is 112 Å². The van der Waals surface area contributed by atoms with Crippen molar-refractivity contribution < 1.29 is 14.7 Å². The van der Waals surface area contributed by atoms with Crippen molar-refractivity contribution in [3.63, 3.8) is 0 Å². The molecule has 0 heterocycles. The zero-order valence-corrected chi connectivity index (χ0v) is 10.8. The van der Waals surface area contributed by atoms with Crippen LogP contribution >= 0.6 is 0 Å². The van der Waals surface area contributed by atoms with Crippen molar-refractivity contribution in [1.82, 2.24) is 0 Å². The minimum absolute atomic E-state index is 0.317. The van der Waals surface area contributed by atoms with Crippen molar-refractivity contribution in [1.29, 1.82) is 0 Å². The summed E-state index contributed by atoms with van der Waals surface area (Å²) in [5.41, 5.74) is 5.68. The Morgan fingerprint density at radius 2 is 1.84 bits per heavy atom. The highest BCUT2D eigenvalue weighted by molar-refractivity contribution is 5.93. The van der Waals surface area contributed by atoms with Crippen molar-refractivity contribution in [2.75, 3.05) is 5.32 Å². The second-order valence-electron chi connectivity index (χ2n) is 4.44. The van der Waals surface area contributed by atoms with Crippen LogP contribution in [0.2, 0.25) is 0 Å². The van der Waals surface area contributed by atoms with Gasteiger partial charge in [0.15, 0.2) is 0 Å². The molecule has 4 N–H and O–H groups in total. The van der Waals surface area contributed by atoms with Gasteiger partial charge in [0.1, 0.15) is 6.10 Å². The highest BCUT2D eigenvalue weighted by Gasteiger charge is 2.14. The fourth-order valence-electron chi connectivity index (χ4n) is 1.69. The van der Waals surface area contributed by atoms with Gasteiger partial charge in [0.2, 0.25) is 5.91 Å². The smallest absolute Gasteiger partial charge is 0.253 e. The molecule has 1 aromatic rings. The van der Waals surface area contributed by atoms with Crippen molar-refractivity contribution in [2.45, 2.75) is 38.2 Å². The van der Waals surface area contributed by atoms with Crippen LogP contribution in [0.15, 0.2) is 30.3 Å². The van der Waals surface area contributed by atoms with Crippen molar-refractivity contribution in [3.8, 4) is 0 Å². The standard InChI is InChI=1S/C14H20N2O3/c15-13(18)10-6-2-5-9-12(17)14(19)16-11-7-3-1-4-8-11/h1,3-4,7-8,12,17H,2,5-6,9-10H2,(H2,15,18)(H,16,19). The number of para-hydroxylation sites is 1. The molecule has 1 unspecified atom stereocenters. The summed E-state index contributed by atoms with van der Waals surface area (Å²) in [7, 11) is 0. The van der Waals surface area contributed by atoms with E-state index in [-0.39, 0.29) is 5.91 Å². The second-order valence-corrected chi connectivity index (χ2v) is 4.44. The van der Waals surface area contributed by atoms with Gasteiger partial charge in [-0.05, 0) is 25.0 Å². The quantitative estimate of drug-likeness (QED) is 0.620. The zero-order valence-electron chi connectivity index (χ0n) is 10.8. The molecule has 0 saturated heterocycles. The summed E-state index contributed by atoms with van der Waals surface area (Å²) < 4.78 is 0. The predicted molar refractivity (Wildman–Crippen MR) is 73.4 cm³/mol. The van der Waals surface area contributed by atoms with E-state index in [4.69, 9.17) is 5.73 Å². The number of rotatable bonds is 8. The first-order valence-corrected chi connectivity index (χ1v) is 6.42. The molecule has 0 aliphatic heterocycles. The molecule has 0 fully saturated rings. The number of nitrogens with two attached hydrogens (primary N) is 1. The first-order chi connectivity index (χ1) is 9.09. The lowest BCUT2D eigenvalue weighted by Gasteiger charge is -2.11. The number of hydrogen-bond donors (Lipinski definition) is 3. The average Bonchev–Trinajstić information content (AvgIpc) is 2.38. The van der Waals surface area contributed by atoms with Gasteiger partial charge in [0.05, 0.1) is 0 Å². The number of unbranched alkanes of at least 4 members (excludes halogenated alkanes) is 2. The van der Waals surface area contributed by atoms with Gasteiger partial charge in [-0.15, -0.1) is 0 Å². The van der Waals surface area contributed by atoms with Crippen LogP contribution in [-0.2, 0) is 9.59 Å². The largest absolute Gasteiger partial charge is 0.383 e. The van der Waals surface area contributed by atoms with Gasteiger partial charge in [-0.3, -0.25) is 9.59 Å². The summed E-state index contributed by atoms with van der Waals surface area (Å²) in [6.07, 6.45) is 1.88. The SMILES string of the molecule is NC(=O)CCCCCC(O)C(=O)Nc1ccccc1. The first kappa shape index (κ1) is 15.2. The van der Waals surface area contributed by atoms with Crippen molar-refractivity contribution in [2.24, 2.45) is 5.73 Å². The number of benzene rings is 1. The van der Waals surface area contributed by atoms with E-state index in [1.807, 2.05) is 18.2 Å². The Balaban J connectivity index is 2.20. The van der Waals surface area contributed by atoms with Crippen LogP contribution in [-0.4, -0.2) is 23.0 Å². The lowest BCUT2D eigenvalue weighted by molar-refractivity contribution is -0.124. The topological polar surface area (TPSA) is 92.4 Å². The van der Waals surface area contributed by atoms with Gasteiger partial charge in [0.25, 0.3) is 5.91 Å². The van der Waals surface area contributed by atoms with Gasteiger partial charge in [-0.1, -0.05) is 31.0 Å². The highest BCUT2D eigenvalue weighted by atomic mass is 16.3. The number of aliphatic hydroxyl groups excluding tert-OH is 1. The maximum atomic E-state index is 11.6. The fraction of sp³-hybridized carbons (Fsp3) is 0.429. The number of primary amides is 1. The minimum Gasteiger partial charge on any atom is -0.383 e. The normalized spacial score (nSPS) is 11.8. The number of carbonyl (C=O) groups excluding carboxylic acids is 2. The highest BCUT2D eigenvalue weighted by Crippen LogP contribution is 2.09. The Bertz CT molecular complexity index is 406. The summed E-state index contributed by atoms with van der Waals surface area (Å²) in [5, 5.41) is 12.3. The van der Waals surface area contributed by atoms with E-state index in [1.54, 1.807) is 12.1 Å². The monoisotopic (exact) mass is 264 g/mol. The van der Waals surface area contributed by atoms with E-state index in [1.165, 1.54) is 0 Å². The first-order valence-electron chi connectivity index (χ1n) is 6.42. The molecule has 0 saturated carbocycles. The Morgan fingerprint density at radius 3 is 2.47 bits per heavy atom. The lowest BCUT2D eigenvalue weighted by Crippen LogP contribution is -2.27. The fourth-order valence-corrected chi connectivity index (χ4v) is 1.69. The van der Waals surface area contributed by atoms with Crippen LogP contribution in [0.3, 0.4) is 0 Å². The average molecular weight is 264 g/mol. The molecule has 0 aliphatic carbocycles. The van der Waals surface area contributed by atoms with Crippen LogP contribution in [0.5, 0.6) is 0 Å². The van der Waals surface area contributed by atoms with Crippen LogP contribution in [0.1, 0.15) is 32.1 Å². The number of carbonyl (C=O) groups is 2. The molecule has 0 aromatic heterocycles. The molecule has 0 spiro atoms. The molecule has 19 heavy (non-hydrogen) atoms. The Hall–Kier alpha value is -1.88. The van der Waals surface area contributed by atoms with E-state index in [0.717, 1.165) is 6.42 Å². The number of nitrogens with one attached hydrogen (secondary N) is 1. The molecule has 1 aromatic carbocycles. The number of amides is 2. The maximum Gasteiger partial charge on any atom is 0.253 e. The van der Waals surface area contributed by atoms with E-state index in [0.29, 0.717) is 31.4 Å². The van der Waals surface area contributed by atoms with Crippen LogP contribution in [0, 0.1) is 0 Å². The summed E-state index contributed by atoms with van der Waals surface area (Å²) in [4.78, 5) is 22.2. The van der Waals surface area contributed by atoms with Crippen LogP contribution < -0.4 is 11.1 Å². The van der Waals surface area contributed by atoms with Gasteiger partial charge in [-0.2, -0.15) is 0 Å². The molecular weight excluding hydrogens is 244 g/mol. The predicted octanol–water partition coefficient (Wildman–Crippen LogP) is 1.42. The number of hydrogen-bond acceptors (Lipinski definition) is 3. The number of anilines is 1. The van der Waals surface area contributed by atoms with E-state index in [9.17, 15) is 14.7 Å². The third-order valence-corrected chi connectivity index (χ3v) is 2.74. The van der Waals surface area contributed by atoms with Gasteiger partial charge in [-0.25, -0.2) is 0 Å². The van der Waals surface area contributed by atoms with Crippen LogP contribution in [0.4, 0.5) is 5.69 Å². The third kappa shape index (κ3) is 6.57. The minimum atomic E-state index is -1.02. The molecule has 0 aliphatic rings. The second kappa shape index (κ2) is 8.26. The molecular formula is C14H20N2O3. The Morgan fingerprint density at radius 1 is 1.16 bits per heavy atom. The molecule has 1 atom stereocenters. The summed E-state index contributed by atoms with van der Waals surface area (Å²) >= 11 is 0. The summed E-state index contributed by atoms with van der Waals surface area (Å²) in [6, 6.07) is 9.00. The molecule has 104 valence electrons. The van der Waals surface area contributed by atoms with Gasteiger partial charge >= 0.3 is 0 Å². The van der Waals surface area contributed by atoms with Crippen LogP contribution in [0.25, 0.3) is 0 Å². The number of aliphatic hydroxyl groups is 1. The molecule has 0 radical (unpaired) electrons. The van der Waals surface area contributed by atoms with E-state index < -0.39 is 12.0 Å². The van der Waals surface area contributed by atoms with Crippen molar-refractivity contribution in [3.05, 3.63) is 30.3 Å². The van der Waals surface area contributed by atoms with Gasteiger partial charge in [0, 0.05) is 12.1 Å².